The normalized spacial score (nSPS) is 11.6. The fourth-order valence-corrected chi connectivity index (χ4v) is 1.43. The van der Waals surface area contributed by atoms with Gasteiger partial charge in [0.05, 0.1) is 1.37 Å². The third kappa shape index (κ3) is 3.01. The second-order valence-electron chi connectivity index (χ2n) is 3.61. The van der Waals surface area contributed by atoms with Gasteiger partial charge in [-0.15, -0.1) is 0 Å². The van der Waals surface area contributed by atoms with Crippen LogP contribution in [0.2, 0.25) is 0 Å². The van der Waals surface area contributed by atoms with E-state index in [1.165, 1.54) is 12.1 Å². The minimum atomic E-state index is -0.281. The van der Waals surface area contributed by atoms with Crippen LogP contribution in [0.1, 0.15) is 12.5 Å². The maximum Gasteiger partial charge on any atom is 0.119 e. The van der Waals surface area contributed by atoms with E-state index < -0.39 is 0 Å². The maximum atomic E-state index is 9.40. The molecule has 0 unspecified atom stereocenters. The molecule has 0 atom stereocenters. The molecular formula is C14H12O3. The summed E-state index contributed by atoms with van der Waals surface area (Å²) >= 11 is 0. The first kappa shape index (κ1) is 9.78. The highest BCUT2D eigenvalue weighted by Crippen LogP contribution is 2.22. The summed E-state index contributed by atoms with van der Waals surface area (Å²) in [6, 6.07) is 9.15. The van der Waals surface area contributed by atoms with Crippen LogP contribution in [0, 0.1) is 0 Å². The largest absolute Gasteiger partial charge is 0.508 e. The minimum Gasteiger partial charge on any atom is -0.508 e. The van der Waals surface area contributed by atoms with E-state index in [2.05, 4.69) is 0 Å². The lowest BCUT2D eigenvalue weighted by Gasteiger charge is -1.98. The highest BCUT2D eigenvalue weighted by molar-refractivity contribution is 5.71. The van der Waals surface area contributed by atoms with Gasteiger partial charge < -0.3 is 15.3 Å². The Morgan fingerprint density at radius 3 is 1.88 bits per heavy atom. The lowest BCUT2D eigenvalue weighted by atomic mass is 10.1. The van der Waals surface area contributed by atoms with Crippen LogP contribution in [0.4, 0.5) is 0 Å². The predicted molar refractivity (Wildman–Crippen MR) is 66.8 cm³/mol. The van der Waals surface area contributed by atoms with E-state index in [1.54, 1.807) is 36.4 Å². The van der Waals surface area contributed by atoms with Crippen molar-refractivity contribution >= 4 is 12.2 Å². The zero-order chi connectivity index (χ0) is 13.1. The quantitative estimate of drug-likeness (QED) is 0.694. The molecule has 2 rings (SSSR count). The zero-order valence-corrected chi connectivity index (χ0v) is 8.96. The van der Waals surface area contributed by atoms with E-state index in [0.29, 0.717) is 5.56 Å². The summed E-state index contributed by atoms with van der Waals surface area (Å²) in [5, 5.41) is 27.9. The summed E-state index contributed by atoms with van der Waals surface area (Å²) in [5.41, 5.74) is 1.47. The molecule has 0 aromatic heterocycles. The molecule has 0 saturated heterocycles. The average molecular weight is 229 g/mol. The van der Waals surface area contributed by atoms with Crippen LogP contribution in [-0.2, 0) is 0 Å². The Labute approximate surface area is 100 Å². The van der Waals surface area contributed by atoms with Crippen LogP contribution in [-0.4, -0.2) is 15.3 Å². The standard InChI is InChI=1S/C14H12O3/c15-12-5-3-10(4-6-12)1-2-11-7-13(16)9-14(17)8-11/h1-9,15-17H/i9D. The number of phenolic OH excluding ortho intramolecular Hbond substituents is 3. The van der Waals surface area contributed by atoms with Crippen molar-refractivity contribution in [3.63, 3.8) is 0 Å². The molecule has 0 saturated carbocycles. The molecule has 0 aliphatic carbocycles. The fraction of sp³-hybridized carbons (Fsp3) is 0. The zero-order valence-electron chi connectivity index (χ0n) is 9.96. The van der Waals surface area contributed by atoms with Crippen molar-refractivity contribution in [3.8, 4) is 17.2 Å². The van der Waals surface area contributed by atoms with Crippen LogP contribution >= 0.6 is 0 Å². The van der Waals surface area contributed by atoms with E-state index in [4.69, 9.17) is 6.48 Å². The van der Waals surface area contributed by atoms with Crippen molar-refractivity contribution < 1.29 is 16.7 Å². The third-order valence-electron chi connectivity index (χ3n) is 2.22. The fourth-order valence-electron chi connectivity index (χ4n) is 1.43. The van der Waals surface area contributed by atoms with E-state index in [-0.39, 0.29) is 23.3 Å². The van der Waals surface area contributed by atoms with Crippen molar-refractivity contribution in [3.05, 3.63) is 53.6 Å². The first-order chi connectivity index (χ1) is 8.56. The topological polar surface area (TPSA) is 60.7 Å². The Bertz CT molecular complexity index is 565. The van der Waals surface area contributed by atoms with Crippen molar-refractivity contribution in [2.24, 2.45) is 0 Å². The van der Waals surface area contributed by atoms with Crippen molar-refractivity contribution in [1.29, 1.82) is 0 Å². The molecule has 17 heavy (non-hydrogen) atoms. The number of hydrogen-bond acceptors (Lipinski definition) is 3. The SMILES string of the molecule is [2H]c1c(O)cc(C=Cc2ccc(O)cc2)cc1O. The molecule has 86 valence electrons. The van der Waals surface area contributed by atoms with E-state index >= 15 is 0 Å². The molecule has 0 aliphatic heterocycles. The molecule has 3 N–H and O–H groups in total. The lowest BCUT2D eigenvalue weighted by Crippen LogP contribution is -1.74. The van der Waals surface area contributed by atoms with E-state index in [1.807, 2.05) is 0 Å². The van der Waals surface area contributed by atoms with Crippen molar-refractivity contribution in [2.45, 2.75) is 0 Å². The van der Waals surface area contributed by atoms with Gasteiger partial charge in [-0.1, -0.05) is 24.3 Å². The van der Waals surface area contributed by atoms with Crippen LogP contribution in [0.25, 0.3) is 12.2 Å². The third-order valence-corrected chi connectivity index (χ3v) is 2.22. The van der Waals surface area contributed by atoms with Crippen LogP contribution in [0.5, 0.6) is 17.2 Å². The summed E-state index contributed by atoms with van der Waals surface area (Å²) in [7, 11) is 0. The monoisotopic (exact) mass is 229 g/mol. The Hall–Kier alpha value is -2.42. The summed E-state index contributed by atoms with van der Waals surface area (Å²) in [5.74, 6) is -0.332. The lowest BCUT2D eigenvalue weighted by molar-refractivity contribution is 0.450. The summed E-state index contributed by atoms with van der Waals surface area (Å²) in [4.78, 5) is 0. The second kappa shape index (κ2) is 4.61. The number of aromatic hydroxyl groups is 3. The molecule has 0 fully saturated rings. The van der Waals surface area contributed by atoms with Gasteiger partial charge in [0.15, 0.2) is 0 Å². The first-order valence-corrected chi connectivity index (χ1v) is 5.06. The molecule has 0 spiro atoms. The van der Waals surface area contributed by atoms with Gasteiger partial charge >= 0.3 is 0 Å². The molecule has 3 nitrogen and oxygen atoms in total. The van der Waals surface area contributed by atoms with Gasteiger partial charge in [-0.05, 0) is 35.4 Å². The molecule has 0 heterocycles. The Morgan fingerprint density at radius 1 is 0.765 bits per heavy atom. The van der Waals surface area contributed by atoms with Gasteiger partial charge in [0.1, 0.15) is 17.2 Å². The highest BCUT2D eigenvalue weighted by atomic mass is 16.3. The minimum absolute atomic E-state index is 0.195. The van der Waals surface area contributed by atoms with Gasteiger partial charge in [-0.25, -0.2) is 0 Å². The Morgan fingerprint density at radius 2 is 1.29 bits per heavy atom. The van der Waals surface area contributed by atoms with Gasteiger partial charge in [0, 0.05) is 6.04 Å². The Kier molecular flexibility index (Phi) is 2.66. The van der Waals surface area contributed by atoms with Gasteiger partial charge in [-0.3, -0.25) is 0 Å². The van der Waals surface area contributed by atoms with E-state index in [9.17, 15) is 10.2 Å². The first-order valence-electron chi connectivity index (χ1n) is 5.56. The molecule has 2 aromatic carbocycles. The van der Waals surface area contributed by atoms with Crippen molar-refractivity contribution in [2.75, 3.05) is 0 Å². The van der Waals surface area contributed by atoms with Crippen molar-refractivity contribution in [1.82, 2.24) is 0 Å². The smallest absolute Gasteiger partial charge is 0.119 e. The number of rotatable bonds is 2. The summed E-state index contributed by atoms with van der Waals surface area (Å²) < 4.78 is 7.31. The molecule has 0 bridgehead atoms. The number of benzene rings is 2. The van der Waals surface area contributed by atoms with E-state index in [0.717, 1.165) is 5.56 Å². The molecular weight excluding hydrogens is 216 g/mol. The number of hydrogen-bond donors (Lipinski definition) is 3. The van der Waals surface area contributed by atoms with Crippen LogP contribution < -0.4 is 0 Å². The Balaban J connectivity index is 2.26. The predicted octanol–water partition coefficient (Wildman–Crippen LogP) is 2.97. The highest BCUT2D eigenvalue weighted by Gasteiger charge is 1.95. The molecule has 0 amide bonds. The van der Waals surface area contributed by atoms with Crippen LogP contribution in [0.3, 0.4) is 0 Å². The average Bonchev–Trinajstić information content (AvgIpc) is 2.35. The molecule has 0 radical (unpaired) electrons. The summed E-state index contributed by atoms with van der Waals surface area (Å²) in [6.07, 6.45) is 3.47. The molecule has 2 aromatic rings. The maximum absolute atomic E-state index is 9.40. The molecule has 3 heteroatoms. The molecule has 0 aliphatic rings. The number of phenols is 3. The second-order valence-corrected chi connectivity index (χ2v) is 3.61. The summed E-state index contributed by atoms with van der Waals surface area (Å²) in [6.45, 7) is 0. The van der Waals surface area contributed by atoms with Crippen LogP contribution in [0.15, 0.2) is 42.4 Å². The van der Waals surface area contributed by atoms with Gasteiger partial charge in [0.2, 0.25) is 0 Å². The van der Waals surface area contributed by atoms with Gasteiger partial charge in [0.25, 0.3) is 0 Å². The van der Waals surface area contributed by atoms with Gasteiger partial charge in [-0.2, -0.15) is 0 Å².